The summed E-state index contributed by atoms with van der Waals surface area (Å²) in [5, 5.41) is 21.4. The molecule has 156 valence electrons. The number of esters is 1. The monoisotopic (exact) mass is 402 g/mol. The molecule has 0 amide bonds. The summed E-state index contributed by atoms with van der Waals surface area (Å²) >= 11 is 0. The van der Waals surface area contributed by atoms with Gasteiger partial charge in [0.2, 0.25) is 0 Å². The highest BCUT2D eigenvalue weighted by atomic mass is 16.7. The van der Waals surface area contributed by atoms with Crippen LogP contribution >= 0.6 is 0 Å². The Morgan fingerprint density at radius 3 is 1.97 bits per heavy atom. The van der Waals surface area contributed by atoms with Gasteiger partial charge in [-0.2, -0.15) is 0 Å². The summed E-state index contributed by atoms with van der Waals surface area (Å²) in [5.74, 6) is -0.667. The molecule has 0 aliphatic carbocycles. The van der Waals surface area contributed by atoms with Crippen molar-refractivity contribution < 1.29 is 29.4 Å². The fourth-order valence-electron chi connectivity index (χ4n) is 2.77. The van der Waals surface area contributed by atoms with Crippen molar-refractivity contribution in [1.29, 1.82) is 0 Å². The molecule has 29 heavy (non-hydrogen) atoms. The molecule has 2 rings (SSSR count). The molecule has 0 atom stereocenters. The van der Waals surface area contributed by atoms with Crippen LogP contribution in [0.1, 0.15) is 18.1 Å². The van der Waals surface area contributed by atoms with Crippen molar-refractivity contribution >= 4 is 11.9 Å². The number of carbonyl (C=O) groups excluding carboxylic acids is 2. The van der Waals surface area contributed by atoms with Gasteiger partial charge in [-0.1, -0.05) is 36.4 Å². The average Bonchev–Trinajstić information content (AvgIpc) is 2.68. The maximum absolute atomic E-state index is 11.8. The molecule has 0 spiro atoms. The van der Waals surface area contributed by atoms with Gasteiger partial charge < -0.3 is 19.8 Å². The summed E-state index contributed by atoms with van der Waals surface area (Å²) < 4.78 is 4.76. The first-order chi connectivity index (χ1) is 13.9. The summed E-state index contributed by atoms with van der Waals surface area (Å²) in [4.78, 5) is 30.3. The number of phenolic OH excluding ortho intramolecular Hbond substituents is 2. The quantitative estimate of drug-likeness (QED) is 0.460. The van der Waals surface area contributed by atoms with E-state index in [1.165, 1.54) is 19.1 Å². The fourth-order valence-corrected chi connectivity index (χ4v) is 2.77. The number of rotatable bonds is 10. The summed E-state index contributed by atoms with van der Waals surface area (Å²) in [7, 11) is 1.31. The summed E-state index contributed by atoms with van der Waals surface area (Å²) in [6, 6.07) is 13.7. The van der Waals surface area contributed by atoms with Crippen molar-refractivity contribution in [2.45, 2.75) is 20.0 Å². The fraction of sp³-hybridized carbons (Fsp3) is 0.333. The summed E-state index contributed by atoms with van der Waals surface area (Å²) in [6.07, 6.45) is 0. The Labute approximate surface area is 169 Å². The molecule has 2 aromatic rings. The second-order valence-corrected chi connectivity index (χ2v) is 6.49. The van der Waals surface area contributed by atoms with Crippen LogP contribution in [0, 0.1) is 0 Å². The van der Waals surface area contributed by atoms with E-state index in [1.807, 2.05) is 0 Å². The lowest BCUT2D eigenvalue weighted by molar-refractivity contribution is -0.192. The Hall–Kier alpha value is -3.10. The first-order valence-electron chi connectivity index (χ1n) is 9.15. The van der Waals surface area contributed by atoms with Crippen molar-refractivity contribution in [3.63, 3.8) is 0 Å². The second kappa shape index (κ2) is 11.0. The number of ether oxygens (including phenoxy) is 1. The largest absolute Gasteiger partial charge is 0.508 e. The van der Waals surface area contributed by atoms with Crippen LogP contribution in [0.3, 0.4) is 0 Å². The molecule has 0 radical (unpaired) electrons. The van der Waals surface area contributed by atoms with Crippen molar-refractivity contribution in [3.8, 4) is 11.5 Å². The van der Waals surface area contributed by atoms with E-state index in [-0.39, 0.29) is 31.1 Å². The van der Waals surface area contributed by atoms with Gasteiger partial charge in [0.25, 0.3) is 0 Å². The molecule has 0 aliphatic heterocycles. The van der Waals surface area contributed by atoms with Gasteiger partial charge in [-0.25, -0.2) is 0 Å². The van der Waals surface area contributed by atoms with Crippen LogP contribution in [-0.4, -0.2) is 58.9 Å². The summed E-state index contributed by atoms with van der Waals surface area (Å²) in [6.45, 7) is 2.44. The number of methoxy groups -OCH3 is 1. The van der Waals surface area contributed by atoms with Gasteiger partial charge in [0.1, 0.15) is 11.5 Å². The van der Waals surface area contributed by atoms with Gasteiger partial charge in [0.15, 0.2) is 0 Å². The molecule has 0 bridgehead atoms. The third-order valence-corrected chi connectivity index (χ3v) is 4.23. The highest BCUT2D eigenvalue weighted by Gasteiger charge is 2.18. The van der Waals surface area contributed by atoms with Crippen LogP contribution in [0.2, 0.25) is 0 Å². The van der Waals surface area contributed by atoms with E-state index in [4.69, 9.17) is 9.57 Å². The maximum Gasteiger partial charge on any atom is 0.322 e. The minimum atomic E-state index is -0.486. The Balaban J connectivity index is 2.09. The third kappa shape index (κ3) is 7.44. The number of hydrogen-bond acceptors (Lipinski definition) is 8. The van der Waals surface area contributed by atoms with Crippen molar-refractivity contribution in [2.75, 3.05) is 26.7 Å². The molecular formula is C21H26N2O6. The van der Waals surface area contributed by atoms with E-state index in [0.717, 1.165) is 0 Å². The first kappa shape index (κ1) is 22.2. The van der Waals surface area contributed by atoms with Crippen molar-refractivity contribution in [2.24, 2.45) is 0 Å². The number of benzene rings is 2. The van der Waals surface area contributed by atoms with Crippen LogP contribution in [0.25, 0.3) is 0 Å². The van der Waals surface area contributed by atoms with E-state index in [0.29, 0.717) is 24.2 Å². The van der Waals surface area contributed by atoms with Crippen molar-refractivity contribution in [1.82, 2.24) is 9.96 Å². The predicted octanol–water partition coefficient (Wildman–Crippen LogP) is 2.05. The van der Waals surface area contributed by atoms with E-state index in [2.05, 4.69) is 0 Å². The molecule has 8 nitrogen and oxygen atoms in total. The van der Waals surface area contributed by atoms with Crippen LogP contribution in [-0.2, 0) is 32.3 Å². The van der Waals surface area contributed by atoms with E-state index in [9.17, 15) is 19.8 Å². The second-order valence-electron chi connectivity index (χ2n) is 6.49. The third-order valence-electron chi connectivity index (χ3n) is 4.23. The summed E-state index contributed by atoms with van der Waals surface area (Å²) in [5.41, 5.74) is 1.27. The van der Waals surface area contributed by atoms with Gasteiger partial charge in [-0.15, -0.1) is 5.06 Å². The van der Waals surface area contributed by atoms with Gasteiger partial charge in [-0.05, 0) is 12.1 Å². The number of nitrogens with zero attached hydrogens (tertiary/aromatic N) is 2. The Morgan fingerprint density at radius 1 is 0.897 bits per heavy atom. The lowest BCUT2D eigenvalue weighted by Crippen LogP contribution is -2.38. The molecule has 2 N–H and O–H groups in total. The SMILES string of the molecule is COC(=O)CN(CCN(Cc1ccccc1O)OC(C)=O)Cc1ccccc1O. The average molecular weight is 402 g/mol. The van der Waals surface area contributed by atoms with Crippen LogP contribution in [0.5, 0.6) is 11.5 Å². The first-order valence-corrected chi connectivity index (χ1v) is 9.15. The molecule has 0 fully saturated rings. The normalized spacial score (nSPS) is 10.9. The number of hydroxylamine groups is 2. The molecule has 0 aliphatic rings. The van der Waals surface area contributed by atoms with Crippen LogP contribution in [0.15, 0.2) is 48.5 Å². The highest BCUT2D eigenvalue weighted by Crippen LogP contribution is 2.19. The molecule has 0 unspecified atom stereocenters. The zero-order valence-corrected chi connectivity index (χ0v) is 16.6. The molecular weight excluding hydrogens is 376 g/mol. The van der Waals surface area contributed by atoms with Crippen LogP contribution < -0.4 is 0 Å². The highest BCUT2D eigenvalue weighted by molar-refractivity contribution is 5.71. The van der Waals surface area contributed by atoms with E-state index < -0.39 is 11.9 Å². The van der Waals surface area contributed by atoms with Gasteiger partial charge in [-0.3, -0.25) is 14.5 Å². The Kier molecular flexibility index (Phi) is 8.45. The van der Waals surface area contributed by atoms with E-state index in [1.54, 1.807) is 53.4 Å². The molecule has 0 saturated heterocycles. The standard InChI is InChI=1S/C21H26N2O6/c1-16(24)29-23(14-18-8-4-6-10-20(18)26)12-11-22(15-21(27)28-2)13-17-7-3-5-9-19(17)25/h3-10,25-26H,11-15H2,1-2H3. The van der Waals surface area contributed by atoms with Gasteiger partial charge >= 0.3 is 11.9 Å². The van der Waals surface area contributed by atoms with Gasteiger partial charge in [0, 0.05) is 37.7 Å². The molecule has 0 saturated carbocycles. The predicted molar refractivity (Wildman–Crippen MR) is 106 cm³/mol. The molecule has 8 heteroatoms. The number of para-hydroxylation sites is 2. The van der Waals surface area contributed by atoms with Crippen molar-refractivity contribution in [3.05, 3.63) is 59.7 Å². The smallest absolute Gasteiger partial charge is 0.322 e. The number of phenols is 2. The number of hydrogen-bond donors (Lipinski definition) is 2. The minimum Gasteiger partial charge on any atom is -0.508 e. The zero-order valence-electron chi connectivity index (χ0n) is 16.6. The lowest BCUT2D eigenvalue weighted by atomic mass is 10.2. The molecule has 0 aromatic heterocycles. The van der Waals surface area contributed by atoms with Crippen LogP contribution in [0.4, 0.5) is 0 Å². The topological polar surface area (TPSA) is 99.5 Å². The maximum atomic E-state index is 11.8. The number of carbonyl (C=O) groups is 2. The minimum absolute atomic E-state index is 0.00926. The van der Waals surface area contributed by atoms with Gasteiger partial charge in [0.05, 0.1) is 20.2 Å². The Morgan fingerprint density at radius 2 is 1.45 bits per heavy atom. The molecule has 0 heterocycles. The number of aromatic hydroxyl groups is 2. The molecule has 2 aromatic carbocycles. The Bertz CT molecular complexity index is 826. The van der Waals surface area contributed by atoms with E-state index >= 15 is 0 Å². The lowest BCUT2D eigenvalue weighted by Gasteiger charge is -2.26. The zero-order chi connectivity index (χ0) is 21.2.